The lowest BCUT2D eigenvalue weighted by Crippen LogP contribution is -2.36. The highest BCUT2D eigenvalue weighted by Crippen LogP contribution is 2.28. The molecule has 0 radical (unpaired) electrons. The number of piperidine rings is 1. The largest absolute Gasteiger partial charge is 0.361 e. The third kappa shape index (κ3) is 2.69. The minimum atomic E-state index is 0.874. The van der Waals surface area contributed by atoms with Crippen molar-refractivity contribution in [2.75, 3.05) is 13.1 Å². The number of hydrogen-bond acceptors (Lipinski definition) is 1. The van der Waals surface area contributed by atoms with Crippen molar-refractivity contribution in [3.05, 3.63) is 36.0 Å². The first-order chi connectivity index (χ1) is 9.38. The Morgan fingerprint density at radius 1 is 1.21 bits per heavy atom. The van der Waals surface area contributed by atoms with Gasteiger partial charge in [-0.2, -0.15) is 0 Å². The van der Waals surface area contributed by atoms with E-state index in [1.807, 2.05) is 0 Å². The highest BCUT2D eigenvalue weighted by Gasteiger charge is 2.23. The van der Waals surface area contributed by atoms with E-state index in [9.17, 15) is 0 Å². The number of rotatable bonds is 4. The number of para-hydroxylation sites is 1. The molecule has 0 aliphatic carbocycles. The summed E-state index contributed by atoms with van der Waals surface area (Å²) < 4.78 is 0. The molecule has 2 aromatic rings. The van der Waals surface area contributed by atoms with Crippen LogP contribution < -0.4 is 5.32 Å². The van der Waals surface area contributed by atoms with E-state index >= 15 is 0 Å². The normalized spacial score (nSPS) is 23.8. The van der Waals surface area contributed by atoms with Gasteiger partial charge in [0.05, 0.1) is 0 Å². The van der Waals surface area contributed by atoms with Crippen molar-refractivity contribution in [2.24, 2.45) is 11.8 Å². The van der Waals surface area contributed by atoms with Gasteiger partial charge in [-0.15, -0.1) is 0 Å². The van der Waals surface area contributed by atoms with E-state index in [0.717, 1.165) is 11.8 Å². The summed E-state index contributed by atoms with van der Waals surface area (Å²) in [6.45, 7) is 4.75. The summed E-state index contributed by atoms with van der Waals surface area (Å²) in [5, 5.41) is 4.94. The van der Waals surface area contributed by atoms with Crippen molar-refractivity contribution in [3.63, 3.8) is 0 Å². The molecule has 3 rings (SSSR count). The molecule has 1 saturated heterocycles. The summed E-state index contributed by atoms with van der Waals surface area (Å²) in [4.78, 5) is 3.39. The summed E-state index contributed by atoms with van der Waals surface area (Å²) in [7, 11) is 0. The molecule has 1 aliphatic rings. The number of aryl methyl sites for hydroxylation is 1. The number of hydrogen-bond donors (Lipinski definition) is 2. The van der Waals surface area contributed by atoms with E-state index < -0.39 is 0 Å². The van der Waals surface area contributed by atoms with Crippen LogP contribution in [0.2, 0.25) is 0 Å². The predicted octanol–water partition coefficient (Wildman–Crippen LogP) is 3.74. The molecule has 2 heterocycles. The summed E-state index contributed by atoms with van der Waals surface area (Å²) >= 11 is 0. The van der Waals surface area contributed by atoms with Crippen molar-refractivity contribution in [2.45, 2.75) is 32.6 Å². The smallest absolute Gasteiger partial charge is 0.0456 e. The Morgan fingerprint density at radius 3 is 3.00 bits per heavy atom. The average Bonchev–Trinajstić information content (AvgIpc) is 2.89. The second-order valence-corrected chi connectivity index (χ2v) is 5.82. The molecule has 0 unspecified atom stereocenters. The molecular formula is C17H24N2. The predicted molar refractivity (Wildman–Crippen MR) is 81.4 cm³/mol. The molecule has 1 aliphatic heterocycles. The second kappa shape index (κ2) is 5.79. The quantitative estimate of drug-likeness (QED) is 0.857. The van der Waals surface area contributed by atoms with Crippen LogP contribution >= 0.6 is 0 Å². The van der Waals surface area contributed by atoms with Gasteiger partial charge in [-0.1, -0.05) is 31.5 Å². The van der Waals surface area contributed by atoms with Crippen LogP contribution in [0, 0.1) is 11.8 Å². The minimum Gasteiger partial charge on any atom is -0.361 e. The number of aromatic amines is 1. The Morgan fingerprint density at radius 2 is 2.11 bits per heavy atom. The van der Waals surface area contributed by atoms with Gasteiger partial charge in [0.15, 0.2) is 0 Å². The Balaban J connectivity index is 1.68. The van der Waals surface area contributed by atoms with Gasteiger partial charge < -0.3 is 10.3 Å². The maximum absolute atomic E-state index is 3.53. The summed E-state index contributed by atoms with van der Waals surface area (Å²) in [6.07, 6.45) is 7.41. The number of nitrogens with one attached hydrogen (secondary N) is 2. The van der Waals surface area contributed by atoms with Crippen LogP contribution in [0.1, 0.15) is 31.7 Å². The number of aromatic nitrogens is 1. The van der Waals surface area contributed by atoms with Crippen LogP contribution in [0.5, 0.6) is 0 Å². The van der Waals surface area contributed by atoms with Crippen LogP contribution in [-0.2, 0) is 6.42 Å². The standard InChI is InChI=1S/C17H24N2/c1-2-13-11-18-10-9-14(13)7-8-15-12-19-17-6-4-3-5-16(15)17/h3-6,12-14,18-19H,2,7-11H2,1H3/t13-,14+/m0/s1. The van der Waals surface area contributed by atoms with Crippen molar-refractivity contribution >= 4 is 10.9 Å². The highest BCUT2D eigenvalue weighted by molar-refractivity contribution is 5.82. The molecule has 2 atom stereocenters. The van der Waals surface area contributed by atoms with Gasteiger partial charge in [0.1, 0.15) is 0 Å². The van der Waals surface area contributed by atoms with Gasteiger partial charge >= 0.3 is 0 Å². The fraction of sp³-hybridized carbons (Fsp3) is 0.529. The molecule has 2 nitrogen and oxygen atoms in total. The maximum Gasteiger partial charge on any atom is 0.0456 e. The molecule has 102 valence electrons. The lowest BCUT2D eigenvalue weighted by Gasteiger charge is -2.31. The van der Waals surface area contributed by atoms with Crippen LogP contribution in [0.4, 0.5) is 0 Å². The first-order valence-electron chi connectivity index (χ1n) is 7.64. The van der Waals surface area contributed by atoms with Gasteiger partial charge in [-0.05, 0) is 55.8 Å². The van der Waals surface area contributed by atoms with Crippen molar-refractivity contribution in [3.8, 4) is 0 Å². The Labute approximate surface area is 115 Å². The van der Waals surface area contributed by atoms with Crippen molar-refractivity contribution in [1.82, 2.24) is 10.3 Å². The van der Waals surface area contributed by atoms with Gasteiger partial charge in [-0.3, -0.25) is 0 Å². The summed E-state index contributed by atoms with van der Waals surface area (Å²) in [6, 6.07) is 8.64. The molecule has 0 bridgehead atoms. The third-order valence-electron chi connectivity index (χ3n) is 4.75. The van der Waals surface area contributed by atoms with Crippen LogP contribution in [0.3, 0.4) is 0 Å². The summed E-state index contributed by atoms with van der Waals surface area (Å²) in [5.41, 5.74) is 2.76. The van der Waals surface area contributed by atoms with E-state index in [0.29, 0.717) is 0 Å². The monoisotopic (exact) mass is 256 g/mol. The van der Waals surface area contributed by atoms with Crippen molar-refractivity contribution in [1.29, 1.82) is 0 Å². The zero-order valence-electron chi connectivity index (χ0n) is 11.8. The lowest BCUT2D eigenvalue weighted by atomic mass is 9.81. The van der Waals surface area contributed by atoms with Crippen LogP contribution in [0.25, 0.3) is 10.9 Å². The number of fused-ring (bicyclic) bond motifs is 1. The van der Waals surface area contributed by atoms with Crippen LogP contribution in [-0.4, -0.2) is 18.1 Å². The highest BCUT2D eigenvalue weighted by atomic mass is 14.9. The number of H-pyrrole nitrogens is 1. The fourth-order valence-electron chi connectivity index (χ4n) is 3.51. The Bertz CT molecular complexity index is 529. The molecule has 0 spiro atoms. The second-order valence-electron chi connectivity index (χ2n) is 5.82. The van der Waals surface area contributed by atoms with Gasteiger partial charge in [-0.25, -0.2) is 0 Å². The topological polar surface area (TPSA) is 27.8 Å². The molecule has 1 fully saturated rings. The van der Waals surface area contributed by atoms with E-state index in [-0.39, 0.29) is 0 Å². The molecule has 2 N–H and O–H groups in total. The summed E-state index contributed by atoms with van der Waals surface area (Å²) in [5.74, 6) is 1.78. The van der Waals surface area contributed by atoms with E-state index in [4.69, 9.17) is 0 Å². The first kappa shape index (κ1) is 12.7. The average molecular weight is 256 g/mol. The Kier molecular flexibility index (Phi) is 3.88. The van der Waals surface area contributed by atoms with E-state index in [2.05, 4.69) is 47.7 Å². The lowest BCUT2D eigenvalue weighted by molar-refractivity contribution is 0.234. The zero-order chi connectivity index (χ0) is 13.1. The first-order valence-corrected chi connectivity index (χ1v) is 7.64. The van der Waals surface area contributed by atoms with Crippen molar-refractivity contribution < 1.29 is 0 Å². The number of benzene rings is 1. The zero-order valence-corrected chi connectivity index (χ0v) is 11.8. The van der Waals surface area contributed by atoms with Gasteiger partial charge in [0.2, 0.25) is 0 Å². The molecule has 1 aromatic heterocycles. The molecule has 19 heavy (non-hydrogen) atoms. The van der Waals surface area contributed by atoms with Gasteiger partial charge in [0, 0.05) is 17.1 Å². The third-order valence-corrected chi connectivity index (χ3v) is 4.75. The molecule has 2 heteroatoms. The van der Waals surface area contributed by atoms with E-state index in [1.54, 1.807) is 0 Å². The minimum absolute atomic E-state index is 0.874. The van der Waals surface area contributed by atoms with E-state index in [1.165, 1.54) is 55.2 Å². The SMILES string of the molecule is CC[C@H]1CNCC[C@H]1CCc1c[nH]c2ccccc12. The Hall–Kier alpha value is -1.28. The fourth-order valence-corrected chi connectivity index (χ4v) is 3.51. The van der Waals surface area contributed by atoms with Crippen LogP contribution in [0.15, 0.2) is 30.5 Å². The molecule has 0 saturated carbocycles. The molecular weight excluding hydrogens is 232 g/mol. The maximum atomic E-state index is 3.53. The molecule has 0 amide bonds. The van der Waals surface area contributed by atoms with Gasteiger partial charge in [0.25, 0.3) is 0 Å². The molecule has 1 aromatic carbocycles.